The Hall–Kier alpha value is -1.15. The molecule has 1 aromatic heterocycles. The quantitative estimate of drug-likeness (QED) is 0.240. The third-order valence-corrected chi connectivity index (χ3v) is 7.47. The van der Waals surface area contributed by atoms with Crippen molar-refractivity contribution in [2.24, 2.45) is 10.7 Å². The summed E-state index contributed by atoms with van der Waals surface area (Å²) in [7, 11) is -3.58. The molecule has 3 N–H and O–H groups in total. The highest BCUT2D eigenvalue weighted by molar-refractivity contribution is 14.0. The van der Waals surface area contributed by atoms with Crippen LogP contribution in [0.3, 0.4) is 0 Å². The number of aliphatic imine (C=N–C) groups is 1. The zero-order valence-electron chi connectivity index (χ0n) is 15.4. The van der Waals surface area contributed by atoms with Crippen molar-refractivity contribution < 1.29 is 12.8 Å². The summed E-state index contributed by atoms with van der Waals surface area (Å²) in [6.45, 7) is 3.25. The molecule has 2 aromatic rings. The number of guanidine groups is 1. The Bertz CT molecular complexity index is 932. The first-order chi connectivity index (χ1) is 13.3. The summed E-state index contributed by atoms with van der Waals surface area (Å²) in [4.78, 5) is 8.37. The topological polar surface area (TPSA) is 91.0 Å². The summed E-state index contributed by atoms with van der Waals surface area (Å²) >= 11 is 6.78. The maximum atomic E-state index is 13.0. The van der Waals surface area contributed by atoms with Crippen molar-refractivity contribution in [3.05, 3.63) is 46.6 Å². The molecule has 1 aromatic carbocycles. The first kappa shape index (κ1) is 24.1. The smallest absolute Gasteiger partial charge is 0.250 e. The van der Waals surface area contributed by atoms with E-state index in [1.165, 1.54) is 18.2 Å². The molecular weight excluding hydrogens is 552 g/mol. The van der Waals surface area contributed by atoms with Crippen molar-refractivity contribution in [2.45, 2.75) is 4.21 Å². The maximum Gasteiger partial charge on any atom is 0.250 e. The van der Waals surface area contributed by atoms with Gasteiger partial charge in [-0.1, -0.05) is 11.6 Å². The van der Waals surface area contributed by atoms with E-state index in [0.29, 0.717) is 23.4 Å². The van der Waals surface area contributed by atoms with Gasteiger partial charge < -0.3 is 15.5 Å². The number of nitrogens with two attached hydrogens (primary N) is 1. The molecule has 0 unspecified atom stereocenters. The lowest BCUT2D eigenvalue weighted by Gasteiger charge is -2.36. The number of hydrogen-bond donors (Lipinski definition) is 2. The van der Waals surface area contributed by atoms with Gasteiger partial charge in [0.05, 0.1) is 10.9 Å². The molecule has 1 fully saturated rings. The van der Waals surface area contributed by atoms with Gasteiger partial charge >= 0.3 is 0 Å². The Labute approximate surface area is 195 Å². The summed E-state index contributed by atoms with van der Waals surface area (Å²) in [5.74, 6) is 0.133. The van der Waals surface area contributed by atoms with Gasteiger partial charge in [0.15, 0.2) is 5.96 Å². The van der Waals surface area contributed by atoms with Crippen molar-refractivity contribution in [2.75, 3.05) is 44.2 Å². The fraction of sp³-hybridized carbons (Fsp3) is 0.353. The predicted octanol–water partition coefficient (Wildman–Crippen LogP) is 2.57. The van der Waals surface area contributed by atoms with E-state index in [0.717, 1.165) is 30.1 Å². The number of nitrogens with one attached hydrogen (secondary N) is 1. The molecule has 2 heterocycles. The molecule has 3 rings (SSSR count). The van der Waals surface area contributed by atoms with Gasteiger partial charge in [-0.05, 0) is 36.4 Å². The molecule has 1 aliphatic rings. The van der Waals surface area contributed by atoms with E-state index in [-0.39, 0.29) is 47.1 Å². The SMILES string of the molecule is I.NC(=NCCNS(=O)(=O)c1ccc(Cl)s1)N1CCN(c2ccc(F)cc2)CC1. The standard InChI is InChI=1S/C17H21ClFN5O2S2.HI/c18-15-5-6-16(27-15)28(25,26)22-8-7-21-17(20)24-11-9-23(10-12-24)14-3-1-13(19)2-4-14;/h1-6,22H,7-12H2,(H2,20,21);1H. The number of benzene rings is 1. The van der Waals surface area contributed by atoms with Gasteiger partial charge in [-0.3, -0.25) is 4.99 Å². The minimum atomic E-state index is -3.58. The molecule has 160 valence electrons. The second kappa shape index (κ2) is 10.8. The van der Waals surface area contributed by atoms with Crippen LogP contribution >= 0.6 is 46.9 Å². The third kappa shape index (κ3) is 6.67. The van der Waals surface area contributed by atoms with Crippen molar-refractivity contribution in [1.29, 1.82) is 0 Å². The fourth-order valence-electron chi connectivity index (χ4n) is 2.81. The Morgan fingerprint density at radius 1 is 1.17 bits per heavy atom. The molecule has 29 heavy (non-hydrogen) atoms. The number of sulfonamides is 1. The van der Waals surface area contributed by atoms with E-state index in [1.807, 2.05) is 4.90 Å². The van der Waals surface area contributed by atoms with Crippen LogP contribution in [0.25, 0.3) is 0 Å². The lowest BCUT2D eigenvalue weighted by Crippen LogP contribution is -2.51. The molecule has 0 saturated carbocycles. The van der Waals surface area contributed by atoms with Gasteiger partial charge in [-0.2, -0.15) is 0 Å². The Morgan fingerprint density at radius 3 is 2.41 bits per heavy atom. The number of piperazine rings is 1. The van der Waals surface area contributed by atoms with Gasteiger partial charge in [-0.25, -0.2) is 17.5 Å². The number of nitrogens with zero attached hydrogens (tertiary/aromatic N) is 3. The first-order valence-corrected chi connectivity index (χ1v) is 11.3. The monoisotopic (exact) mass is 573 g/mol. The normalized spacial score (nSPS) is 15.3. The summed E-state index contributed by atoms with van der Waals surface area (Å²) in [6.07, 6.45) is 0. The average Bonchev–Trinajstić information content (AvgIpc) is 3.13. The van der Waals surface area contributed by atoms with Crippen LogP contribution < -0.4 is 15.4 Å². The van der Waals surface area contributed by atoms with Gasteiger partial charge in [-0.15, -0.1) is 35.3 Å². The number of halogens is 3. The van der Waals surface area contributed by atoms with Crippen LogP contribution in [0.2, 0.25) is 4.34 Å². The minimum Gasteiger partial charge on any atom is -0.370 e. The van der Waals surface area contributed by atoms with E-state index in [4.69, 9.17) is 17.3 Å². The van der Waals surface area contributed by atoms with E-state index < -0.39 is 10.0 Å². The number of hydrogen-bond acceptors (Lipinski definition) is 5. The summed E-state index contributed by atoms with van der Waals surface area (Å²) < 4.78 is 40.3. The number of anilines is 1. The summed E-state index contributed by atoms with van der Waals surface area (Å²) in [6, 6.07) is 9.42. The second-order valence-corrected chi connectivity index (χ2v) is 9.86. The van der Waals surface area contributed by atoms with E-state index in [9.17, 15) is 12.8 Å². The first-order valence-electron chi connectivity index (χ1n) is 8.65. The van der Waals surface area contributed by atoms with Gasteiger partial charge in [0, 0.05) is 38.4 Å². The van der Waals surface area contributed by atoms with Crippen LogP contribution in [0.5, 0.6) is 0 Å². The van der Waals surface area contributed by atoms with Crippen LogP contribution in [0.4, 0.5) is 10.1 Å². The highest BCUT2D eigenvalue weighted by Crippen LogP contribution is 2.25. The van der Waals surface area contributed by atoms with Gasteiger partial charge in [0.2, 0.25) is 10.0 Å². The highest BCUT2D eigenvalue weighted by Gasteiger charge is 2.19. The van der Waals surface area contributed by atoms with Gasteiger partial charge in [0.1, 0.15) is 10.0 Å². The zero-order valence-corrected chi connectivity index (χ0v) is 20.1. The molecule has 0 aliphatic carbocycles. The lowest BCUT2D eigenvalue weighted by atomic mass is 10.2. The largest absolute Gasteiger partial charge is 0.370 e. The molecule has 0 spiro atoms. The Balaban J connectivity index is 0.00000300. The third-order valence-electron chi connectivity index (χ3n) is 4.29. The minimum absolute atomic E-state index is 0. The number of rotatable bonds is 6. The molecule has 0 amide bonds. The second-order valence-electron chi connectivity index (χ2n) is 6.15. The fourth-order valence-corrected chi connectivity index (χ4v) is 5.36. The van der Waals surface area contributed by atoms with Crippen LogP contribution in [-0.2, 0) is 10.0 Å². The lowest BCUT2D eigenvalue weighted by molar-refractivity contribution is 0.381. The Kier molecular flexibility index (Phi) is 8.94. The average molecular weight is 574 g/mol. The van der Waals surface area contributed by atoms with Crippen LogP contribution in [0, 0.1) is 5.82 Å². The van der Waals surface area contributed by atoms with Crippen molar-refractivity contribution in [3.8, 4) is 0 Å². The van der Waals surface area contributed by atoms with Crippen molar-refractivity contribution >= 4 is 68.6 Å². The molecule has 0 radical (unpaired) electrons. The zero-order chi connectivity index (χ0) is 20.1. The maximum absolute atomic E-state index is 13.0. The highest BCUT2D eigenvalue weighted by atomic mass is 127. The Morgan fingerprint density at radius 2 is 1.83 bits per heavy atom. The van der Waals surface area contributed by atoms with Crippen molar-refractivity contribution in [3.63, 3.8) is 0 Å². The molecule has 1 saturated heterocycles. The number of thiophene rings is 1. The molecule has 7 nitrogen and oxygen atoms in total. The molecular formula is C17H22ClFIN5O2S2. The summed E-state index contributed by atoms with van der Waals surface area (Å²) in [5.41, 5.74) is 7.00. The molecule has 1 aliphatic heterocycles. The van der Waals surface area contributed by atoms with E-state index >= 15 is 0 Å². The van der Waals surface area contributed by atoms with Gasteiger partial charge in [0.25, 0.3) is 0 Å². The van der Waals surface area contributed by atoms with E-state index in [2.05, 4.69) is 14.6 Å². The van der Waals surface area contributed by atoms with Crippen LogP contribution in [-0.4, -0.2) is 58.5 Å². The molecule has 12 heteroatoms. The van der Waals surface area contributed by atoms with E-state index in [1.54, 1.807) is 18.2 Å². The summed E-state index contributed by atoms with van der Waals surface area (Å²) in [5, 5.41) is 0. The molecule has 0 atom stereocenters. The van der Waals surface area contributed by atoms with Crippen molar-refractivity contribution in [1.82, 2.24) is 9.62 Å². The molecule has 0 bridgehead atoms. The van der Waals surface area contributed by atoms with Crippen LogP contribution in [0.15, 0.2) is 45.6 Å². The van der Waals surface area contributed by atoms with Crippen LogP contribution in [0.1, 0.15) is 0 Å². The predicted molar refractivity (Wildman–Crippen MR) is 127 cm³/mol.